The van der Waals surface area contributed by atoms with Crippen LogP contribution < -0.4 is 4.90 Å². The largest absolute Gasteiger partial charge is 0.462 e. The van der Waals surface area contributed by atoms with E-state index in [-0.39, 0.29) is 5.97 Å². The van der Waals surface area contributed by atoms with Crippen molar-refractivity contribution in [3.63, 3.8) is 0 Å². The third-order valence-electron chi connectivity index (χ3n) is 4.05. The summed E-state index contributed by atoms with van der Waals surface area (Å²) in [5.41, 5.74) is 3.71. The van der Waals surface area contributed by atoms with Crippen LogP contribution in [-0.4, -0.2) is 32.0 Å². The van der Waals surface area contributed by atoms with Crippen molar-refractivity contribution >= 4 is 17.9 Å². The molecule has 0 aromatic heterocycles. The number of hydrogen-bond acceptors (Lipinski definition) is 4. The van der Waals surface area contributed by atoms with Gasteiger partial charge in [0.25, 0.3) is 0 Å². The van der Waals surface area contributed by atoms with Gasteiger partial charge in [0.05, 0.1) is 12.2 Å². The fraction of sp³-hybridized carbons (Fsp3) is 0.364. The van der Waals surface area contributed by atoms with Crippen molar-refractivity contribution in [3.05, 3.63) is 65.2 Å². The van der Waals surface area contributed by atoms with Gasteiger partial charge in [-0.25, -0.2) is 4.79 Å². The Balaban J connectivity index is 0.000000758. The Labute approximate surface area is 155 Å². The van der Waals surface area contributed by atoms with Gasteiger partial charge in [-0.2, -0.15) is 0 Å². The van der Waals surface area contributed by atoms with E-state index in [1.807, 2.05) is 36.4 Å². The van der Waals surface area contributed by atoms with Crippen LogP contribution in [0.4, 0.5) is 5.69 Å². The summed E-state index contributed by atoms with van der Waals surface area (Å²) >= 11 is 0. The maximum atomic E-state index is 11.8. The lowest BCUT2D eigenvalue weighted by Crippen LogP contribution is -2.23. The van der Waals surface area contributed by atoms with E-state index < -0.39 is 0 Å². The van der Waals surface area contributed by atoms with E-state index in [0.717, 1.165) is 37.8 Å². The van der Waals surface area contributed by atoms with Crippen molar-refractivity contribution in [1.82, 2.24) is 0 Å². The van der Waals surface area contributed by atoms with Crippen LogP contribution >= 0.6 is 0 Å². The maximum Gasteiger partial charge on any atom is 0.338 e. The molecule has 1 heterocycles. The molecule has 0 spiro atoms. The number of nitrogens with zero attached hydrogens (tertiary/aromatic N) is 1. The number of hydrogen-bond donors (Lipinski definition) is 0. The number of aldehydes is 1. The molecule has 0 saturated carbocycles. The molecule has 1 aliphatic rings. The van der Waals surface area contributed by atoms with E-state index in [1.54, 1.807) is 12.1 Å². The molecular formula is C22H27NO3. The van der Waals surface area contributed by atoms with E-state index in [4.69, 9.17) is 4.74 Å². The van der Waals surface area contributed by atoms with Crippen LogP contribution in [0.15, 0.2) is 48.5 Å². The molecule has 3 rings (SSSR count). The number of anilines is 1. The smallest absolute Gasteiger partial charge is 0.338 e. The predicted molar refractivity (Wildman–Crippen MR) is 105 cm³/mol. The minimum absolute atomic E-state index is 0.275. The Morgan fingerprint density at radius 3 is 2.58 bits per heavy atom. The maximum absolute atomic E-state index is 11.8. The molecule has 0 saturated heterocycles. The first-order chi connectivity index (χ1) is 12.7. The zero-order valence-electron chi connectivity index (χ0n) is 15.6. The normalized spacial score (nSPS) is 12.0. The van der Waals surface area contributed by atoms with Crippen molar-refractivity contribution in [2.75, 3.05) is 24.6 Å². The molecule has 0 unspecified atom stereocenters. The van der Waals surface area contributed by atoms with Crippen LogP contribution in [0.25, 0.3) is 0 Å². The van der Waals surface area contributed by atoms with Gasteiger partial charge in [-0.3, -0.25) is 4.79 Å². The minimum Gasteiger partial charge on any atom is -0.462 e. The number of ether oxygens (including phenoxy) is 1. The van der Waals surface area contributed by atoms with Gasteiger partial charge < -0.3 is 9.64 Å². The van der Waals surface area contributed by atoms with Crippen LogP contribution in [0, 0.1) is 0 Å². The topological polar surface area (TPSA) is 46.6 Å². The number of rotatable bonds is 6. The number of carbonyl (C=O) groups excluding carboxylic acids is 2. The first kappa shape index (κ1) is 19.7. The van der Waals surface area contributed by atoms with E-state index in [2.05, 4.69) is 18.7 Å². The number of benzene rings is 2. The van der Waals surface area contributed by atoms with Crippen LogP contribution in [0.5, 0.6) is 0 Å². The Morgan fingerprint density at radius 2 is 1.88 bits per heavy atom. The molecule has 1 aliphatic heterocycles. The standard InChI is InChI=1S/C19H19NO3.C3H8/c21-14-15-7-8-18-17(13-15)9-11-20(18)10-4-12-23-19(22)16-5-2-1-3-6-16;1-3-2/h1-3,5-8,13-14H,4,9-12H2;3H2,1-2H3. The third kappa shape index (κ3) is 5.45. The molecule has 0 N–H and O–H groups in total. The average Bonchev–Trinajstić information content (AvgIpc) is 3.08. The highest BCUT2D eigenvalue weighted by atomic mass is 16.5. The third-order valence-corrected chi connectivity index (χ3v) is 4.05. The van der Waals surface area contributed by atoms with Crippen LogP contribution in [-0.2, 0) is 11.2 Å². The summed E-state index contributed by atoms with van der Waals surface area (Å²) in [6, 6.07) is 14.8. The average molecular weight is 353 g/mol. The fourth-order valence-electron chi connectivity index (χ4n) is 2.87. The molecule has 0 amide bonds. The lowest BCUT2D eigenvalue weighted by molar-refractivity contribution is 0.0502. The van der Waals surface area contributed by atoms with Crippen molar-refractivity contribution in [2.45, 2.75) is 33.1 Å². The van der Waals surface area contributed by atoms with Gasteiger partial charge in [-0.05, 0) is 48.7 Å². The van der Waals surface area contributed by atoms with Crippen LogP contribution in [0.2, 0.25) is 0 Å². The molecule has 0 radical (unpaired) electrons. The van der Waals surface area contributed by atoms with Crippen molar-refractivity contribution in [3.8, 4) is 0 Å². The summed E-state index contributed by atoms with van der Waals surface area (Å²) in [6.07, 6.45) is 3.88. The second-order valence-corrected chi connectivity index (χ2v) is 6.31. The SMILES string of the molecule is CCC.O=Cc1ccc2c(c1)CCN2CCCOC(=O)c1ccccc1. The van der Waals surface area contributed by atoms with Gasteiger partial charge in [-0.1, -0.05) is 38.5 Å². The number of esters is 1. The van der Waals surface area contributed by atoms with Gasteiger partial charge in [0.15, 0.2) is 0 Å². The first-order valence-electron chi connectivity index (χ1n) is 9.24. The highest BCUT2D eigenvalue weighted by Gasteiger charge is 2.18. The molecular weight excluding hydrogens is 326 g/mol. The predicted octanol–water partition coefficient (Wildman–Crippen LogP) is 4.53. The molecule has 2 aromatic carbocycles. The van der Waals surface area contributed by atoms with Gasteiger partial charge in [0.1, 0.15) is 6.29 Å². The number of carbonyl (C=O) groups is 2. The second-order valence-electron chi connectivity index (χ2n) is 6.31. The molecule has 4 nitrogen and oxygen atoms in total. The molecule has 0 bridgehead atoms. The molecule has 0 fully saturated rings. The van der Waals surface area contributed by atoms with Gasteiger partial charge in [-0.15, -0.1) is 0 Å². The van der Waals surface area contributed by atoms with Crippen molar-refractivity contribution in [2.24, 2.45) is 0 Å². The summed E-state index contributed by atoms with van der Waals surface area (Å²) < 4.78 is 5.30. The number of fused-ring (bicyclic) bond motifs is 1. The van der Waals surface area contributed by atoms with E-state index in [1.165, 1.54) is 17.7 Å². The lowest BCUT2D eigenvalue weighted by Gasteiger charge is -2.19. The molecule has 0 aliphatic carbocycles. The summed E-state index contributed by atoms with van der Waals surface area (Å²) in [5.74, 6) is -0.275. The van der Waals surface area contributed by atoms with Crippen molar-refractivity contribution in [1.29, 1.82) is 0 Å². The zero-order chi connectivity index (χ0) is 18.8. The highest BCUT2D eigenvalue weighted by molar-refractivity contribution is 5.89. The molecule has 2 aromatic rings. The Hall–Kier alpha value is -2.62. The summed E-state index contributed by atoms with van der Waals surface area (Å²) in [4.78, 5) is 24.9. The van der Waals surface area contributed by atoms with Gasteiger partial charge in [0.2, 0.25) is 0 Å². The van der Waals surface area contributed by atoms with E-state index >= 15 is 0 Å². The molecule has 26 heavy (non-hydrogen) atoms. The van der Waals surface area contributed by atoms with E-state index in [9.17, 15) is 9.59 Å². The molecule has 4 heteroatoms. The van der Waals surface area contributed by atoms with Crippen molar-refractivity contribution < 1.29 is 14.3 Å². The minimum atomic E-state index is -0.275. The summed E-state index contributed by atoms with van der Waals surface area (Å²) in [7, 11) is 0. The Bertz CT molecular complexity index is 713. The molecule has 138 valence electrons. The lowest BCUT2D eigenvalue weighted by atomic mass is 10.1. The Kier molecular flexibility index (Phi) is 7.87. The van der Waals surface area contributed by atoms with E-state index in [0.29, 0.717) is 12.2 Å². The van der Waals surface area contributed by atoms with Gasteiger partial charge in [0, 0.05) is 24.3 Å². The second kappa shape index (κ2) is 10.4. The molecule has 0 atom stereocenters. The van der Waals surface area contributed by atoms with Crippen LogP contribution in [0.1, 0.15) is 53.0 Å². The summed E-state index contributed by atoms with van der Waals surface area (Å²) in [5, 5.41) is 0. The monoisotopic (exact) mass is 353 g/mol. The Morgan fingerprint density at radius 1 is 1.15 bits per heavy atom. The quantitative estimate of drug-likeness (QED) is 0.435. The fourth-order valence-corrected chi connectivity index (χ4v) is 2.87. The zero-order valence-corrected chi connectivity index (χ0v) is 15.6. The first-order valence-corrected chi connectivity index (χ1v) is 9.24. The summed E-state index contributed by atoms with van der Waals surface area (Å²) in [6.45, 7) is 6.45. The van der Waals surface area contributed by atoms with Crippen LogP contribution in [0.3, 0.4) is 0 Å². The highest BCUT2D eigenvalue weighted by Crippen LogP contribution is 2.28. The van der Waals surface area contributed by atoms with Gasteiger partial charge >= 0.3 is 5.97 Å².